The monoisotopic (exact) mass is 598 g/mol. The zero-order valence-corrected chi connectivity index (χ0v) is 22.9. The van der Waals surface area contributed by atoms with E-state index in [4.69, 9.17) is 5.26 Å². The van der Waals surface area contributed by atoms with Crippen LogP contribution in [-0.4, -0.2) is 30.1 Å². The molecule has 0 amide bonds. The minimum absolute atomic E-state index is 0.453. The Balaban J connectivity index is 2.50. The molecule has 0 saturated carbocycles. The predicted octanol–water partition coefficient (Wildman–Crippen LogP) is 8.92. The molecule has 1 N–H and O–H groups in total. The van der Waals surface area contributed by atoms with E-state index in [0.29, 0.717) is 12.0 Å². The van der Waals surface area contributed by atoms with E-state index < -0.39 is 44.3 Å². The zero-order valence-electron chi connectivity index (χ0n) is 21.3. The molecule has 1 aromatic carbocycles. The van der Waals surface area contributed by atoms with Gasteiger partial charge in [-0.1, -0.05) is 101 Å². The van der Waals surface area contributed by atoms with Crippen molar-refractivity contribution in [3.63, 3.8) is 0 Å². The smallest absolute Gasteiger partial charge is 0.378 e. The van der Waals surface area contributed by atoms with Crippen LogP contribution in [0.1, 0.15) is 96.0 Å². The van der Waals surface area contributed by atoms with E-state index in [1.54, 1.807) is 6.07 Å². The van der Waals surface area contributed by atoms with Crippen LogP contribution in [0.2, 0.25) is 0 Å². The normalized spacial score (nSPS) is 13.2. The lowest BCUT2D eigenvalue weighted by molar-refractivity contribution is -0.434. The second-order valence-electron chi connectivity index (χ2n) is 9.01. The number of unbranched alkanes of at least 4 members (excludes halogenated alkanes) is 12. The van der Waals surface area contributed by atoms with E-state index in [-0.39, 0.29) is 0 Å². The Hall–Kier alpha value is -1.22. The van der Waals surface area contributed by atoms with E-state index in [2.05, 4.69) is 20.5 Å². The SMILES string of the molecule is CCCCCCCCCCCCCCCc1cccc(OS(=O)(=O)C(F)(F)C(F)(F)C(F)(F)SOOO)c1. The maximum absolute atomic E-state index is 14.1. The molecule has 38 heavy (non-hydrogen) atoms. The van der Waals surface area contributed by atoms with E-state index in [0.717, 1.165) is 44.2 Å². The fourth-order valence-corrected chi connectivity index (χ4v) is 5.03. The fourth-order valence-electron chi connectivity index (χ4n) is 3.72. The highest BCUT2D eigenvalue weighted by Crippen LogP contribution is 2.53. The van der Waals surface area contributed by atoms with Gasteiger partial charge in [-0.2, -0.15) is 34.8 Å². The summed E-state index contributed by atoms with van der Waals surface area (Å²) in [7, 11) is -6.58. The number of aryl methyl sites for hydroxylation is 1. The molecule has 0 aliphatic carbocycles. The molecule has 6 nitrogen and oxygen atoms in total. The van der Waals surface area contributed by atoms with Crippen LogP contribution in [0.4, 0.5) is 26.3 Å². The number of rotatable bonds is 22. The predicted molar refractivity (Wildman–Crippen MR) is 133 cm³/mol. The Kier molecular flexibility index (Phi) is 15.4. The van der Waals surface area contributed by atoms with Crippen molar-refractivity contribution in [1.82, 2.24) is 0 Å². The molecule has 0 aromatic heterocycles. The molecule has 0 saturated heterocycles. The van der Waals surface area contributed by atoms with Crippen LogP contribution in [0.3, 0.4) is 0 Å². The Bertz CT molecular complexity index is 902. The van der Waals surface area contributed by atoms with Crippen molar-refractivity contribution >= 4 is 22.2 Å². The summed E-state index contributed by atoms with van der Waals surface area (Å²) in [5.74, 6) is -7.22. The molecular weight excluding hydrogens is 562 g/mol. The Labute approximate surface area is 224 Å². The minimum atomic E-state index is -6.58. The van der Waals surface area contributed by atoms with Crippen molar-refractivity contribution in [1.29, 1.82) is 0 Å². The lowest BCUT2D eigenvalue weighted by atomic mass is 10.0. The second kappa shape index (κ2) is 16.8. The molecule has 0 heterocycles. The first kappa shape index (κ1) is 34.8. The molecule has 0 aliphatic heterocycles. The summed E-state index contributed by atoms with van der Waals surface area (Å²) in [5.41, 5.74) is 0.505. The van der Waals surface area contributed by atoms with Gasteiger partial charge >= 0.3 is 26.5 Å². The molecule has 1 aromatic rings. The first-order valence-electron chi connectivity index (χ1n) is 12.6. The van der Waals surface area contributed by atoms with Crippen LogP contribution in [0.25, 0.3) is 0 Å². The Morgan fingerprint density at radius 3 is 1.82 bits per heavy atom. The molecule has 0 aliphatic rings. The molecule has 222 valence electrons. The number of alkyl halides is 6. The number of hydrogen-bond acceptors (Lipinski definition) is 7. The van der Waals surface area contributed by atoms with Crippen LogP contribution >= 0.6 is 12.0 Å². The minimum Gasteiger partial charge on any atom is -0.378 e. The molecule has 0 bridgehead atoms. The van der Waals surface area contributed by atoms with E-state index in [1.165, 1.54) is 57.4 Å². The van der Waals surface area contributed by atoms with Gasteiger partial charge in [0.05, 0.1) is 0 Å². The lowest BCUT2D eigenvalue weighted by Crippen LogP contribution is -2.57. The van der Waals surface area contributed by atoms with Crippen LogP contribution < -0.4 is 4.18 Å². The zero-order chi connectivity index (χ0) is 28.7. The van der Waals surface area contributed by atoms with Crippen LogP contribution in [0.5, 0.6) is 5.75 Å². The van der Waals surface area contributed by atoms with Gasteiger partial charge in [0.25, 0.3) is 0 Å². The molecule has 1 rings (SSSR count). The first-order chi connectivity index (χ1) is 17.8. The maximum atomic E-state index is 14.1. The van der Waals surface area contributed by atoms with Crippen molar-refractivity contribution in [2.24, 2.45) is 0 Å². The van der Waals surface area contributed by atoms with Gasteiger partial charge in [-0.3, -0.25) is 0 Å². The van der Waals surface area contributed by atoms with Gasteiger partial charge < -0.3 is 4.18 Å². The van der Waals surface area contributed by atoms with Gasteiger partial charge in [-0.25, -0.2) is 5.26 Å². The van der Waals surface area contributed by atoms with Crippen molar-refractivity contribution in [2.75, 3.05) is 0 Å². The summed E-state index contributed by atoms with van der Waals surface area (Å²) >= 11 is -1.70. The third-order valence-corrected chi connectivity index (χ3v) is 7.78. The van der Waals surface area contributed by atoms with E-state index in [9.17, 15) is 34.8 Å². The van der Waals surface area contributed by atoms with Gasteiger partial charge in [0.15, 0.2) is 0 Å². The second-order valence-corrected chi connectivity index (χ2v) is 11.4. The van der Waals surface area contributed by atoms with Crippen LogP contribution in [0.15, 0.2) is 24.3 Å². The lowest BCUT2D eigenvalue weighted by Gasteiger charge is -2.29. The van der Waals surface area contributed by atoms with Gasteiger partial charge in [0.2, 0.25) is 0 Å². The summed E-state index contributed by atoms with van der Waals surface area (Å²) < 4.78 is 114. The van der Waals surface area contributed by atoms with Crippen LogP contribution in [0, 0.1) is 0 Å². The average Bonchev–Trinajstić information content (AvgIpc) is 2.85. The fraction of sp³-hybridized carbons (Fsp3) is 0.750. The third-order valence-electron chi connectivity index (χ3n) is 5.89. The van der Waals surface area contributed by atoms with E-state index in [1.807, 2.05) is 0 Å². The molecular formula is C24H36F6O6S2. The molecule has 0 fully saturated rings. The van der Waals surface area contributed by atoms with Gasteiger partial charge in [-0.15, -0.1) is 4.33 Å². The molecule has 14 heteroatoms. The van der Waals surface area contributed by atoms with Crippen molar-refractivity contribution in [2.45, 2.75) is 113 Å². The summed E-state index contributed by atoms with van der Waals surface area (Å²) in [5, 5.41) is -1.68. The average molecular weight is 599 g/mol. The standard InChI is InChI=1S/C24H36F6O6S2/c1-2-3-4-5-6-7-8-9-10-11-12-13-14-16-20-17-15-18-21(19-20)34-38(32,33)24(29,30)22(25,26)23(27,28)37-36-35-31/h15,17-19,31H,2-14,16H2,1H3. The topological polar surface area (TPSA) is 82.1 Å². The van der Waals surface area contributed by atoms with Crippen LogP contribution in [-0.2, 0) is 25.9 Å². The first-order valence-corrected chi connectivity index (χ1v) is 14.8. The maximum Gasteiger partial charge on any atom is 0.450 e. The van der Waals surface area contributed by atoms with Gasteiger partial charge in [0, 0.05) is 0 Å². The summed E-state index contributed by atoms with van der Waals surface area (Å²) in [6.45, 7) is 2.19. The Morgan fingerprint density at radius 2 is 1.32 bits per heavy atom. The summed E-state index contributed by atoms with van der Waals surface area (Å²) in [4.78, 5) is 0. The van der Waals surface area contributed by atoms with Gasteiger partial charge in [0.1, 0.15) is 17.8 Å². The summed E-state index contributed by atoms with van der Waals surface area (Å²) in [6, 6.07) is 4.84. The third kappa shape index (κ3) is 10.7. The van der Waals surface area contributed by atoms with Crippen molar-refractivity contribution in [3.05, 3.63) is 29.8 Å². The van der Waals surface area contributed by atoms with Gasteiger partial charge in [-0.05, 0) is 30.5 Å². The number of halogens is 6. The van der Waals surface area contributed by atoms with E-state index >= 15 is 0 Å². The highest BCUT2D eigenvalue weighted by molar-refractivity contribution is 7.95. The molecule has 0 radical (unpaired) electrons. The molecule has 0 unspecified atom stereocenters. The van der Waals surface area contributed by atoms with Crippen molar-refractivity contribution < 1.29 is 53.6 Å². The highest BCUT2D eigenvalue weighted by atomic mass is 32.2. The quantitative estimate of drug-likeness (QED) is 0.0356. The van der Waals surface area contributed by atoms with Crippen molar-refractivity contribution in [3.8, 4) is 5.75 Å². The largest absolute Gasteiger partial charge is 0.450 e. The number of benzene rings is 1. The molecule has 0 spiro atoms. The Morgan fingerprint density at radius 1 is 0.816 bits per heavy atom. The number of hydrogen-bond donors (Lipinski definition) is 1. The highest BCUT2D eigenvalue weighted by Gasteiger charge is 2.79. The molecule has 0 atom stereocenters. The summed E-state index contributed by atoms with van der Waals surface area (Å²) in [6.07, 6.45) is 15.4.